The number of aromatic nitrogens is 3. The monoisotopic (exact) mass is 246 g/mol. The van der Waals surface area contributed by atoms with Gasteiger partial charge in [0.15, 0.2) is 5.65 Å². The first kappa shape index (κ1) is 11.5. The topological polar surface area (TPSA) is 65.3 Å². The molecule has 96 valence electrons. The Bertz CT molecular complexity index is 594. The Morgan fingerprint density at radius 3 is 2.89 bits per heavy atom. The van der Waals surface area contributed by atoms with Crippen molar-refractivity contribution in [2.24, 2.45) is 11.7 Å². The summed E-state index contributed by atoms with van der Waals surface area (Å²) in [6.07, 6.45) is 6.63. The van der Waals surface area contributed by atoms with Crippen LogP contribution in [-0.4, -0.2) is 20.2 Å². The normalized spacial score (nSPS) is 18.5. The quantitative estimate of drug-likeness (QED) is 0.879. The molecule has 0 aromatic carbocycles. The lowest BCUT2D eigenvalue weighted by molar-refractivity contribution is 0.368. The SMILES string of the molecule is NC(Cn1nc2ccccn2c1=O)C1CCCC1. The molecule has 5 heteroatoms. The van der Waals surface area contributed by atoms with Crippen LogP contribution in [0.5, 0.6) is 0 Å². The summed E-state index contributed by atoms with van der Waals surface area (Å²) in [5.41, 5.74) is 6.78. The van der Waals surface area contributed by atoms with Crippen molar-refractivity contribution in [3.63, 3.8) is 0 Å². The van der Waals surface area contributed by atoms with Gasteiger partial charge in [0.05, 0.1) is 6.54 Å². The fraction of sp³-hybridized carbons (Fsp3) is 0.538. The van der Waals surface area contributed by atoms with Gasteiger partial charge in [0.2, 0.25) is 0 Å². The maximum Gasteiger partial charge on any atom is 0.350 e. The predicted molar refractivity (Wildman–Crippen MR) is 69.4 cm³/mol. The molecule has 0 amide bonds. The molecule has 0 bridgehead atoms. The van der Waals surface area contributed by atoms with Crippen molar-refractivity contribution in [3.05, 3.63) is 34.9 Å². The van der Waals surface area contributed by atoms with Gasteiger partial charge in [-0.2, -0.15) is 0 Å². The zero-order valence-electron chi connectivity index (χ0n) is 10.3. The third kappa shape index (κ3) is 1.95. The maximum absolute atomic E-state index is 12.1. The van der Waals surface area contributed by atoms with Crippen molar-refractivity contribution in [1.29, 1.82) is 0 Å². The molecule has 2 N–H and O–H groups in total. The molecule has 0 spiro atoms. The average molecular weight is 246 g/mol. The standard InChI is InChI=1S/C13H18N4O/c14-11(10-5-1-2-6-10)9-17-13(18)16-8-4-3-7-12(16)15-17/h3-4,7-8,10-11H,1-2,5-6,9,14H2. The highest BCUT2D eigenvalue weighted by atomic mass is 16.2. The van der Waals surface area contributed by atoms with E-state index in [1.807, 2.05) is 18.2 Å². The van der Waals surface area contributed by atoms with Crippen LogP contribution in [0.15, 0.2) is 29.2 Å². The van der Waals surface area contributed by atoms with E-state index in [4.69, 9.17) is 5.73 Å². The Balaban J connectivity index is 1.86. The van der Waals surface area contributed by atoms with Crippen molar-refractivity contribution >= 4 is 5.65 Å². The molecule has 5 nitrogen and oxygen atoms in total. The second kappa shape index (κ2) is 4.57. The largest absolute Gasteiger partial charge is 0.350 e. The van der Waals surface area contributed by atoms with Crippen molar-refractivity contribution in [3.8, 4) is 0 Å². The van der Waals surface area contributed by atoms with Crippen LogP contribution in [0, 0.1) is 5.92 Å². The molecule has 3 rings (SSSR count). The Kier molecular flexibility index (Phi) is 2.91. The first-order valence-corrected chi connectivity index (χ1v) is 6.55. The molecular weight excluding hydrogens is 228 g/mol. The minimum Gasteiger partial charge on any atom is -0.326 e. The zero-order chi connectivity index (χ0) is 12.5. The minimum absolute atomic E-state index is 0.0371. The van der Waals surface area contributed by atoms with Crippen molar-refractivity contribution < 1.29 is 0 Å². The molecule has 1 saturated carbocycles. The Morgan fingerprint density at radius 1 is 1.39 bits per heavy atom. The van der Waals surface area contributed by atoms with Crippen LogP contribution in [0.25, 0.3) is 5.65 Å². The summed E-state index contributed by atoms with van der Waals surface area (Å²) >= 11 is 0. The lowest BCUT2D eigenvalue weighted by Crippen LogP contribution is -2.37. The van der Waals surface area contributed by atoms with Crippen LogP contribution in [-0.2, 0) is 6.54 Å². The molecule has 0 saturated heterocycles. The molecule has 1 unspecified atom stereocenters. The van der Waals surface area contributed by atoms with Crippen LogP contribution in [0.4, 0.5) is 0 Å². The van der Waals surface area contributed by atoms with E-state index in [0.29, 0.717) is 18.1 Å². The molecule has 1 aliphatic carbocycles. The number of fused-ring (bicyclic) bond motifs is 1. The second-order valence-corrected chi connectivity index (χ2v) is 5.10. The number of hydrogen-bond donors (Lipinski definition) is 1. The molecule has 1 fully saturated rings. The highest BCUT2D eigenvalue weighted by molar-refractivity contribution is 5.35. The molecule has 1 aliphatic rings. The Morgan fingerprint density at radius 2 is 2.17 bits per heavy atom. The molecule has 2 aromatic heterocycles. The van der Waals surface area contributed by atoms with Gasteiger partial charge in [-0.3, -0.25) is 4.40 Å². The van der Waals surface area contributed by atoms with Gasteiger partial charge in [0.25, 0.3) is 0 Å². The first-order valence-electron chi connectivity index (χ1n) is 6.55. The predicted octanol–water partition coefficient (Wildman–Crippen LogP) is 1.01. The number of rotatable bonds is 3. The lowest BCUT2D eigenvalue weighted by atomic mass is 9.99. The Hall–Kier alpha value is -1.62. The molecule has 0 aliphatic heterocycles. The average Bonchev–Trinajstić information content (AvgIpc) is 3.00. The highest BCUT2D eigenvalue weighted by Gasteiger charge is 2.23. The molecule has 2 aromatic rings. The van der Waals surface area contributed by atoms with Crippen LogP contribution < -0.4 is 11.4 Å². The summed E-state index contributed by atoms with van der Waals surface area (Å²) in [4.78, 5) is 12.1. The summed E-state index contributed by atoms with van der Waals surface area (Å²) in [5.74, 6) is 0.543. The fourth-order valence-electron chi connectivity index (χ4n) is 2.82. The van der Waals surface area contributed by atoms with Crippen LogP contribution in [0.3, 0.4) is 0 Å². The van der Waals surface area contributed by atoms with E-state index in [9.17, 15) is 4.79 Å². The number of nitrogens with zero attached hydrogens (tertiary/aromatic N) is 3. The van der Waals surface area contributed by atoms with Crippen molar-refractivity contribution in [1.82, 2.24) is 14.2 Å². The number of nitrogens with two attached hydrogens (primary N) is 1. The summed E-state index contributed by atoms with van der Waals surface area (Å²) in [6, 6.07) is 5.58. The first-order chi connectivity index (χ1) is 8.75. The second-order valence-electron chi connectivity index (χ2n) is 5.10. The van der Waals surface area contributed by atoms with Gasteiger partial charge in [-0.05, 0) is 30.9 Å². The molecular formula is C13H18N4O. The van der Waals surface area contributed by atoms with Crippen LogP contribution in [0.1, 0.15) is 25.7 Å². The summed E-state index contributed by atoms with van der Waals surface area (Å²) in [5, 5.41) is 4.31. The number of pyridine rings is 1. The Labute approximate surface area is 105 Å². The maximum atomic E-state index is 12.1. The van der Waals surface area contributed by atoms with E-state index in [-0.39, 0.29) is 11.7 Å². The van der Waals surface area contributed by atoms with Gasteiger partial charge in [-0.15, -0.1) is 5.10 Å². The minimum atomic E-state index is -0.0981. The highest BCUT2D eigenvalue weighted by Crippen LogP contribution is 2.27. The van der Waals surface area contributed by atoms with Gasteiger partial charge < -0.3 is 5.73 Å². The third-order valence-corrected chi connectivity index (χ3v) is 3.88. The lowest BCUT2D eigenvalue weighted by Gasteiger charge is -2.17. The molecule has 0 radical (unpaired) electrons. The fourth-order valence-corrected chi connectivity index (χ4v) is 2.82. The van der Waals surface area contributed by atoms with Crippen molar-refractivity contribution in [2.45, 2.75) is 38.3 Å². The smallest absolute Gasteiger partial charge is 0.326 e. The van der Waals surface area contributed by atoms with E-state index in [1.165, 1.54) is 30.4 Å². The summed E-state index contributed by atoms with van der Waals surface area (Å²) in [6.45, 7) is 0.519. The van der Waals surface area contributed by atoms with Crippen molar-refractivity contribution in [2.75, 3.05) is 0 Å². The van der Waals surface area contributed by atoms with Crippen LogP contribution >= 0.6 is 0 Å². The number of hydrogen-bond acceptors (Lipinski definition) is 3. The van der Waals surface area contributed by atoms with Gasteiger partial charge in [-0.25, -0.2) is 9.48 Å². The molecule has 2 heterocycles. The van der Waals surface area contributed by atoms with E-state index in [1.54, 1.807) is 10.6 Å². The summed E-state index contributed by atoms with van der Waals surface area (Å²) in [7, 11) is 0. The van der Waals surface area contributed by atoms with Gasteiger partial charge in [0.1, 0.15) is 0 Å². The van der Waals surface area contributed by atoms with E-state index < -0.39 is 0 Å². The van der Waals surface area contributed by atoms with Gasteiger partial charge >= 0.3 is 5.69 Å². The van der Waals surface area contributed by atoms with Gasteiger partial charge in [0, 0.05) is 12.2 Å². The van der Waals surface area contributed by atoms with Gasteiger partial charge in [-0.1, -0.05) is 18.9 Å². The third-order valence-electron chi connectivity index (χ3n) is 3.88. The van der Waals surface area contributed by atoms with Crippen LogP contribution in [0.2, 0.25) is 0 Å². The van der Waals surface area contributed by atoms with E-state index in [2.05, 4.69) is 5.10 Å². The summed E-state index contributed by atoms with van der Waals surface area (Å²) < 4.78 is 3.06. The van der Waals surface area contributed by atoms with E-state index >= 15 is 0 Å². The van der Waals surface area contributed by atoms with E-state index in [0.717, 1.165) is 0 Å². The zero-order valence-corrected chi connectivity index (χ0v) is 10.3. The molecule has 18 heavy (non-hydrogen) atoms. The molecule has 1 atom stereocenters.